The topological polar surface area (TPSA) is 52.8 Å². The van der Waals surface area contributed by atoms with E-state index in [9.17, 15) is 4.79 Å². The highest BCUT2D eigenvalue weighted by atomic mass is 32.2. The number of carbonyl (C=O) groups is 1. The maximum Gasteiger partial charge on any atom is 0.249 e. The number of ether oxygens (including phenoxy) is 2. The summed E-state index contributed by atoms with van der Waals surface area (Å²) in [5.41, 5.74) is 0.912. The molecule has 3 aromatic rings. The fraction of sp³-hybridized carbons (Fsp3) is 0.300. The van der Waals surface area contributed by atoms with E-state index in [0.717, 1.165) is 26.6 Å². The summed E-state index contributed by atoms with van der Waals surface area (Å²) < 4.78 is 13.9. The fourth-order valence-electron chi connectivity index (χ4n) is 2.77. The van der Waals surface area contributed by atoms with E-state index in [1.54, 1.807) is 26.0 Å². The lowest BCUT2D eigenvalue weighted by atomic mass is 10.3. The Morgan fingerprint density at radius 2 is 1.81 bits per heavy atom. The van der Waals surface area contributed by atoms with Crippen LogP contribution < -0.4 is 14.3 Å². The molecule has 0 fully saturated rings. The quantitative estimate of drug-likeness (QED) is 0.552. The number of rotatable bonds is 7. The van der Waals surface area contributed by atoms with Gasteiger partial charge in [0, 0.05) is 23.6 Å². The van der Waals surface area contributed by atoms with Crippen molar-refractivity contribution in [3.8, 4) is 11.5 Å². The predicted molar refractivity (Wildman–Crippen MR) is 111 cm³/mol. The molecule has 0 N–H and O–H groups in total. The van der Waals surface area contributed by atoms with Crippen LogP contribution in [-0.2, 0) is 11.3 Å². The zero-order chi connectivity index (χ0) is 19.2. The van der Waals surface area contributed by atoms with Crippen LogP contribution >= 0.6 is 23.1 Å². The summed E-state index contributed by atoms with van der Waals surface area (Å²) in [6, 6.07) is 13.8. The number of carbonyl (C=O) groups excluding carboxylic acids is 1. The number of hydrogen-bond acceptors (Lipinski definition) is 5. The molecule has 27 heavy (non-hydrogen) atoms. The Labute approximate surface area is 166 Å². The molecule has 0 spiro atoms. The van der Waals surface area contributed by atoms with Gasteiger partial charge in [-0.2, -0.15) is 4.99 Å². The summed E-state index contributed by atoms with van der Waals surface area (Å²) in [6.07, 6.45) is 0.395. The molecule has 1 amide bonds. The lowest BCUT2D eigenvalue weighted by Crippen LogP contribution is -2.16. The minimum Gasteiger partial charge on any atom is -0.495 e. The Morgan fingerprint density at radius 1 is 1.11 bits per heavy atom. The minimum atomic E-state index is -0.120. The maximum absolute atomic E-state index is 12.4. The Bertz CT molecular complexity index is 994. The van der Waals surface area contributed by atoms with Gasteiger partial charge in [0.05, 0.1) is 14.2 Å². The average Bonchev–Trinajstić information content (AvgIpc) is 3.06. The van der Waals surface area contributed by atoms with Gasteiger partial charge >= 0.3 is 0 Å². The molecule has 0 aliphatic rings. The van der Waals surface area contributed by atoms with Crippen LogP contribution in [0.1, 0.15) is 13.3 Å². The van der Waals surface area contributed by atoms with E-state index >= 15 is 0 Å². The first-order valence-corrected chi connectivity index (χ1v) is 10.5. The van der Waals surface area contributed by atoms with Crippen molar-refractivity contribution in [2.75, 3.05) is 20.0 Å². The van der Waals surface area contributed by atoms with Crippen molar-refractivity contribution in [1.82, 2.24) is 4.57 Å². The van der Waals surface area contributed by atoms with Gasteiger partial charge in [-0.25, -0.2) is 0 Å². The summed E-state index contributed by atoms with van der Waals surface area (Å²) in [5.74, 6) is 2.09. The smallest absolute Gasteiger partial charge is 0.249 e. The summed E-state index contributed by atoms with van der Waals surface area (Å²) >= 11 is 3.11. The molecule has 0 bridgehead atoms. The van der Waals surface area contributed by atoms with Gasteiger partial charge in [-0.3, -0.25) is 4.79 Å². The molecular formula is C20H22N2O3S2. The van der Waals surface area contributed by atoms with Gasteiger partial charge in [0.15, 0.2) is 4.80 Å². The number of thiazole rings is 1. The number of hydrogen-bond donors (Lipinski definition) is 0. The Kier molecular flexibility index (Phi) is 6.58. The molecule has 1 aromatic heterocycles. The maximum atomic E-state index is 12.4. The van der Waals surface area contributed by atoms with Crippen molar-refractivity contribution in [1.29, 1.82) is 0 Å². The highest BCUT2D eigenvalue weighted by molar-refractivity contribution is 7.99. The normalized spacial score (nSPS) is 11.7. The van der Waals surface area contributed by atoms with Crippen LogP contribution in [0.15, 0.2) is 52.4 Å². The predicted octanol–water partition coefficient (Wildman–Crippen LogP) is 4.35. The first kappa shape index (κ1) is 19.5. The molecule has 1 heterocycles. The molecule has 5 nitrogen and oxygen atoms in total. The number of aryl methyl sites for hydroxylation is 1. The SMILES string of the molecule is CCn1c(=NC(=O)CCSc2ccccc2)sc2c(OC)ccc(OC)c21. The number of nitrogens with zero attached hydrogens (tertiary/aromatic N) is 2. The highest BCUT2D eigenvalue weighted by Crippen LogP contribution is 2.35. The molecule has 3 rings (SSSR count). The van der Waals surface area contributed by atoms with Gasteiger partial charge in [0.25, 0.3) is 0 Å². The molecule has 142 valence electrons. The summed E-state index contributed by atoms with van der Waals surface area (Å²) in [4.78, 5) is 18.6. The van der Waals surface area contributed by atoms with Crippen molar-refractivity contribution in [3.05, 3.63) is 47.3 Å². The monoisotopic (exact) mass is 402 g/mol. The number of thioether (sulfide) groups is 1. The number of benzene rings is 2. The van der Waals surface area contributed by atoms with E-state index in [-0.39, 0.29) is 5.91 Å². The third kappa shape index (κ3) is 4.36. The van der Waals surface area contributed by atoms with Gasteiger partial charge in [-0.15, -0.1) is 11.8 Å². The minimum absolute atomic E-state index is 0.120. The van der Waals surface area contributed by atoms with Crippen molar-refractivity contribution in [2.24, 2.45) is 4.99 Å². The second-order valence-corrected chi connectivity index (χ2v) is 7.84. The van der Waals surface area contributed by atoms with Crippen molar-refractivity contribution < 1.29 is 14.3 Å². The lowest BCUT2D eigenvalue weighted by Gasteiger charge is -2.08. The van der Waals surface area contributed by atoms with Crippen LogP contribution in [0.4, 0.5) is 0 Å². The number of aromatic nitrogens is 1. The average molecular weight is 403 g/mol. The standard InChI is InChI=1S/C20H22N2O3S2/c1-4-22-18-15(24-2)10-11-16(25-3)19(18)27-20(22)21-17(23)12-13-26-14-8-6-5-7-9-14/h5-11H,4,12-13H2,1-3H3. The summed E-state index contributed by atoms with van der Waals surface area (Å²) in [7, 11) is 3.28. The number of methoxy groups -OCH3 is 2. The first-order valence-electron chi connectivity index (χ1n) is 8.67. The summed E-state index contributed by atoms with van der Waals surface area (Å²) in [6.45, 7) is 2.72. The fourth-order valence-corrected chi connectivity index (χ4v) is 4.85. The second kappa shape index (κ2) is 9.10. The number of fused-ring (bicyclic) bond motifs is 1. The second-order valence-electron chi connectivity index (χ2n) is 5.69. The van der Waals surface area contributed by atoms with E-state index in [0.29, 0.717) is 23.5 Å². The van der Waals surface area contributed by atoms with E-state index in [2.05, 4.69) is 4.99 Å². The van der Waals surface area contributed by atoms with Crippen LogP contribution in [0.2, 0.25) is 0 Å². The third-order valence-corrected chi connectivity index (χ3v) is 6.16. The molecule has 0 aliphatic heterocycles. The molecule has 0 atom stereocenters. The molecule has 2 aromatic carbocycles. The van der Waals surface area contributed by atoms with E-state index in [1.165, 1.54) is 11.3 Å². The van der Waals surface area contributed by atoms with Crippen molar-refractivity contribution in [2.45, 2.75) is 24.8 Å². The van der Waals surface area contributed by atoms with Crippen LogP contribution in [0.5, 0.6) is 11.5 Å². The van der Waals surface area contributed by atoms with Crippen molar-refractivity contribution >= 4 is 39.2 Å². The number of amides is 1. The van der Waals surface area contributed by atoms with Crippen LogP contribution in [0.3, 0.4) is 0 Å². The molecular weight excluding hydrogens is 380 g/mol. The Morgan fingerprint density at radius 3 is 2.48 bits per heavy atom. The van der Waals surface area contributed by atoms with E-state index < -0.39 is 0 Å². The Hall–Kier alpha value is -2.25. The highest BCUT2D eigenvalue weighted by Gasteiger charge is 2.15. The van der Waals surface area contributed by atoms with Crippen LogP contribution in [0.25, 0.3) is 10.2 Å². The molecule has 0 aliphatic carbocycles. The molecule has 0 unspecified atom stereocenters. The molecule has 0 saturated heterocycles. The van der Waals surface area contributed by atoms with E-state index in [1.807, 2.05) is 54.0 Å². The van der Waals surface area contributed by atoms with Gasteiger partial charge in [0.2, 0.25) is 5.91 Å². The first-order chi connectivity index (χ1) is 13.2. The molecule has 0 radical (unpaired) electrons. The summed E-state index contributed by atoms with van der Waals surface area (Å²) in [5, 5.41) is 0. The van der Waals surface area contributed by atoms with Crippen LogP contribution in [-0.4, -0.2) is 30.4 Å². The zero-order valence-electron chi connectivity index (χ0n) is 15.6. The van der Waals surface area contributed by atoms with Gasteiger partial charge in [-0.05, 0) is 31.2 Å². The Balaban J connectivity index is 1.87. The third-order valence-electron chi connectivity index (χ3n) is 4.06. The van der Waals surface area contributed by atoms with Gasteiger partial charge < -0.3 is 14.0 Å². The van der Waals surface area contributed by atoms with E-state index in [4.69, 9.17) is 9.47 Å². The lowest BCUT2D eigenvalue weighted by molar-refractivity contribution is -0.117. The van der Waals surface area contributed by atoms with Gasteiger partial charge in [0.1, 0.15) is 21.7 Å². The van der Waals surface area contributed by atoms with Crippen molar-refractivity contribution in [3.63, 3.8) is 0 Å². The zero-order valence-corrected chi connectivity index (χ0v) is 17.2. The largest absolute Gasteiger partial charge is 0.495 e. The molecule has 0 saturated carbocycles. The van der Waals surface area contributed by atoms with Crippen LogP contribution in [0, 0.1) is 0 Å². The molecule has 7 heteroatoms. The van der Waals surface area contributed by atoms with Gasteiger partial charge in [-0.1, -0.05) is 29.5 Å².